The molecule has 0 spiro atoms. The molecule has 9 rings (SSSR count). The summed E-state index contributed by atoms with van der Waals surface area (Å²) in [6.07, 6.45) is 8.55. The van der Waals surface area contributed by atoms with Gasteiger partial charge in [0, 0.05) is 55.7 Å². The fraction of sp³-hybridized carbons (Fsp3) is 0.0625. The normalized spacial score (nSPS) is 12.2. The minimum atomic E-state index is 0.665. The van der Waals surface area contributed by atoms with Crippen molar-refractivity contribution in [2.24, 2.45) is 0 Å². The quantitative estimate of drug-likeness (QED) is 0.202. The van der Waals surface area contributed by atoms with Gasteiger partial charge in [-0.05, 0) is 37.1 Å². The number of hydrogen-bond acceptors (Lipinski definition) is 7. The largest absolute Gasteiger partial charge is 0.292 e. The van der Waals surface area contributed by atoms with Gasteiger partial charge in [-0.15, -0.1) is 11.3 Å². The van der Waals surface area contributed by atoms with E-state index in [0.29, 0.717) is 33.1 Å². The van der Waals surface area contributed by atoms with E-state index in [0.717, 1.165) is 16.9 Å². The monoisotopic (exact) mass is 533 g/mol. The zero-order chi connectivity index (χ0) is 26.5. The van der Waals surface area contributed by atoms with E-state index in [4.69, 9.17) is 9.97 Å². The highest BCUT2D eigenvalue weighted by atomic mass is 32.1. The lowest BCUT2D eigenvalue weighted by Gasteiger charge is -2.12. The van der Waals surface area contributed by atoms with Crippen molar-refractivity contribution >= 4 is 86.4 Å². The Bertz CT molecular complexity index is 2490. The molecule has 7 nitrogen and oxygen atoms in total. The van der Waals surface area contributed by atoms with E-state index in [-0.39, 0.29) is 0 Å². The summed E-state index contributed by atoms with van der Waals surface area (Å²) in [4.78, 5) is 28.6. The van der Waals surface area contributed by atoms with Crippen molar-refractivity contribution in [3.63, 3.8) is 0 Å². The lowest BCUT2D eigenvalue weighted by molar-refractivity contribution is 1.07. The Morgan fingerprint density at radius 2 is 1.25 bits per heavy atom. The number of rotatable bonds is 1. The van der Waals surface area contributed by atoms with Gasteiger partial charge in [0.25, 0.3) is 0 Å². The number of aromatic nitrogens is 7. The van der Waals surface area contributed by atoms with Gasteiger partial charge in [-0.1, -0.05) is 36.4 Å². The zero-order valence-corrected chi connectivity index (χ0v) is 22.4. The summed E-state index contributed by atoms with van der Waals surface area (Å²) in [5.41, 5.74) is 8.71. The standard InChI is InChI=1S/C32H19N7S/c1-16-6-5-8-19-20-14-21-18-7-3-4-9-22(18)40-32(21)17(2)31(20)39(30(16)19)23-15-37-28-26-24(33-10-11-35-26)25-27(29(28)38-23)36-13-12-34-25/h3-15H,1-2H3. The van der Waals surface area contributed by atoms with Crippen LogP contribution in [0.15, 0.2) is 79.5 Å². The Morgan fingerprint density at radius 1 is 0.600 bits per heavy atom. The Labute approximate surface area is 230 Å². The first kappa shape index (κ1) is 21.8. The fourth-order valence-corrected chi connectivity index (χ4v) is 7.40. The highest BCUT2D eigenvalue weighted by Gasteiger charge is 2.22. The molecular formula is C32H19N7S. The van der Waals surface area contributed by atoms with Crippen molar-refractivity contribution in [1.29, 1.82) is 0 Å². The lowest BCUT2D eigenvalue weighted by Crippen LogP contribution is -2.03. The number of benzene rings is 4. The molecule has 0 saturated heterocycles. The molecule has 0 aliphatic carbocycles. The van der Waals surface area contributed by atoms with E-state index in [1.54, 1.807) is 24.8 Å². The maximum atomic E-state index is 5.23. The van der Waals surface area contributed by atoms with Gasteiger partial charge in [-0.2, -0.15) is 0 Å². The van der Waals surface area contributed by atoms with Crippen molar-refractivity contribution in [2.45, 2.75) is 13.8 Å². The third-order valence-electron chi connectivity index (χ3n) is 7.91. The minimum Gasteiger partial charge on any atom is -0.292 e. The number of hydrogen-bond donors (Lipinski definition) is 0. The third kappa shape index (κ3) is 2.73. The second-order valence-corrected chi connectivity index (χ2v) is 11.2. The van der Waals surface area contributed by atoms with E-state index >= 15 is 0 Å². The molecule has 9 aromatic rings. The molecule has 0 radical (unpaired) electrons. The van der Waals surface area contributed by atoms with E-state index in [1.165, 1.54) is 42.1 Å². The van der Waals surface area contributed by atoms with Crippen LogP contribution in [0.2, 0.25) is 0 Å². The molecule has 0 unspecified atom stereocenters. The molecule has 0 amide bonds. The first-order valence-corrected chi connectivity index (χ1v) is 13.9. The van der Waals surface area contributed by atoms with Crippen molar-refractivity contribution in [3.8, 4) is 5.82 Å². The maximum Gasteiger partial charge on any atom is 0.157 e. The second kappa shape index (κ2) is 7.74. The van der Waals surface area contributed by atoms with Crippen LogP contribution in [0.25, 0.3) is 80.9 Å². The first-order chi connectivity index (χ1) is 19.7. The predicted octanol–water partition coefficient (Wildman–Crippen LogP) is 7.60. The lowest BCUT2D eigenvalue weighted by atomic mass is 10.0. The van der Waals surface area contributed by atoms with Gasteiger partial charge in [-0.3, -0.25) is 24.5 Å². The van der Waals surface area contributed by atoms with Gasteiger partial charge in [-0.25, -0.2) is 9.97 Å². The van der Waals surface area contributed by atoms with E-state index < -0.39 is 0 Å². The van der Waals surface area contributed by atoms with Gasteiger partial charge in [0.1, 0.15) is 33.1 Å². The van der Waals surface area contributed by atoms with Crippen LogP contribution in [-0.2, 0) is 0 Å². The van der Waals surface area contributed by atoms with Gasteiger partial charge in [0.05, 0.1) is 17.2 Å². The van der Waals surface area contributed by atoms with Crippen molar-refractivity contribution < 1.29 is 0 Å². The molecule has 0 bridgehead atoms. The summed E-state index contributed by atoms with van der Waals surface area (Å²) in [6.45, 7) is 4.38. The maximum absolute atomic E-state index is 5.23. The predicted molar refractivity (Wildman–Crippen MR) is 162 cm³/mol. The van der Waals surface area contributed by atoms with E-state index in [9.17, 15) is 0 Å². The molecular weight excluding hydrogens is 514 g/mol. The van der Waals surface area contributed by atoms with Crippen LogP contribution in [0, 0.1) is 13.8 Å². The number of fused-ring (bicyclic) bond motifs is 12. The molecule has 5 heterocycles. The summed E-state index contributed by atoms with van der Waals surface area (Å²) < 4.78 is 4.86. The summed E-state index contributed by atoms with van der Waals surface area (Å²) >= 11 is 1.84. The third-order valence-corrected chi connectivity index (χ3v) is 9.21. The topological polar surface area (TPSA) is 82.3 Å². The van der Waals surface area contributed by atoms with Crippen molar-refractivity contribution in [3.05, 3.63) is 90.6 Å². The molecule has 0 fully saturated rings. The van der Waals surface area contributed by atoms with Gasteiger partial charge in [0.15, 0.2) is 5.82 Å². The molecule has 8 heteroatoms. The summed E-state index contributed by atoms with van der Waals surface area (Å²) in [5.74, 6) is 0.737. The molecule has 0 aliphatic heterocycles. The molecule has 0 saturated carbocycles. The smallest absolute Gasteiger partial charge is 0.157 e. The Hall–Kier alpha value is -5.08. The SMILES string of the molecule is Cc1cccc2c3cc4c(sc5ccccc54)c(C)c3n(-c3cnc4c5nccnc5c5nccnc5c4n3)c12. The van der Waals surface area contributed by atoms with Gasteiger partial charge >= 0.3 is 0 Å². The summed E-state index contributed by atoms with van der Waals surface area (Å²) in [5, 5.41) is 5.00. The molecule has 40 heavy (non-hydrogen) atoms. The van der Waals surface area contributed by atoms with Crippen LogP contribution in [0.3, 0.4) is 0 Å². The Balaban J connectivity index is 1.47. The second-order valence-electron chi connectivity index (χ2n) is 10.1. The highest BCUT2D eigenvalue weighted by molar-refractivity contribution is 7.26. The van der Waals surface area contributed by atoms with E-state index in [2.05, 4.69) is 86.9 Å². The van der Waals surface area contributed by atoms with Crippen LogP contribution < -0.4 is 0 Å². The average Bonchev–Trinajstić information content (AvgIpc) is 3.55. The van der Waals surface area contributed by atoms with Crippen LogP contribution in [-0.4, -0.2) is 34.5 Å². The average molecular weight is 534 g/mol. The molecule has 0 atom stereocenters. The molecule has 5 aromatic heterocycles. The molecule has 0 N–H and O–H groups in total. The van der Waals surface area contributed by atoms with Gasteiger partial charge in [0.2, 0.25) is 0 Å². The first-order valence-electron chi connectivity index (χ1n) is 13.0. The highest BCUT2D eigenvalue weighted by Crippen LogP contribution is 2.43. The number of para-hydroxylation sites is 1. The van der Waals surface area contributed by atoms with Crippen LogP contribution >= 0.6 is 11.3 Å². The zero-order valence-electron chi connectivity index (χ0n) is 21.5. The molecule has 4 aromatic carbocycles. The van der Waals surface area contributed by atoms with Crippen LogP contribution in [0.5, 0.6) is 0 Å². The summed E-state index contributed by atoms with van der Waals surface area (Å²) in [7, 11) is 0. The molecule has 188 valence electrons. The Morgan fingerprint density at radius 3 is 2.00 bits per heavy atom. The number of aryl methyl sites for hydroxylation is 2. The number of thiophene rings is 1. The van der Waals surface area contributed by atoms with Gasteiger partial charge < -0.3 is 0 Å². The van der Waals surface area contributed by atoms with Crippen LogP contribution in [0.1, 0.15) is 11.1 Å². The van der Waals surface area contributed by atoms with Crippen molar-refractivity contribution in [1.82, 2.24) is 34.5 Å². The van der Waals surface area contributed by atoms with E-state index in [1.807, 2.05) is 17.5 Å². The number of nitrogens with zero attached hydrogens (tertiary/aromatic N) is 7. The Kier molecular flexibility index (Phi) is 4.22. The van der Waals surface area contributed by atoms with Crippen LogP contribution in [0.4, 0.5) is 0 Å². The minimum absolute atomic E-state index is 0.665. The fourth-order valence-electron chi connectivity index (χ4n) is 6.21. The molecule has 0 aliphatic rings. The van der Waals surface area contributed by atoms with Crippen molar-refractivity contribution in [2.75, 3.05) is 0 Å². The summed E-state index contributed by atoms with van der Waals surface area (Å²) in [6, 6.07) is 17.5.